The second-order valence-corrected chi connectivity index (χ2v) is 5.03. The first-order valence-corrected chi connectivity index (χ1v) is 6.53. The van der Waals surface area contributed by atoms with E-state index in [1.54, 1.807) is 37.3 Å². The lowest BCUT2D eigenvalue weighted by Crippen LogP contribution is -2.15. The van der Waals surface area contributed by atoms with E-state index >= 15 is 0 Å². The van der Waals surface area contributed by atoms with Crippen molar-refractivity contribution in [1.29, 1.82) is 0 Å². The molecule has 0 fully saturated rings. The lowest BCUT2D eigenvalue weighted by Gasteiger charge is -2.16. The predicted molar refractivity (Wildman–Crippen MR) is 84.3 cm³/mol. The van der Waals surface area contributed by atoms with Gasteiger partial charge in [0.1, 0.15) is 5.82 Å². The number of nitrogens with zero attached hydrogens (tertiary/aromatic N) is 1. The Morgan fingerprint density at radius 2 is 1.95 bits per heavy atom. The molecule has 0 aliphatic heterocycles. The molecule has 0 aromatic heterocycles. The van der Waals surface area contributed by atoms with E-state index in [1.807, 2.05) is 19.0 Å². The molecule has 21 heavy (non-hydrogen) atoms. The summed E-state index contributed by atoms with van der Waals surface area (Å²) in [6, 6.07) is 9.65. The lowest BCUT2D eigenvalue weighted by molar-refractivity contribution is 0.102. The molecule has 0 saturated heterocycles. The van der Waals surface area contributed by atoms with Gasteiger partial charge in [0.05, 0.1) is 11.4 Å². The number of carbonyl (C=O) groups is 1. The van der Waals surface area contributed by atoms with Gasteiger partial charge in [0.15, 0.2) is 0 Å². The summed E-state index contributed by atoms with van der Waals surface area (Å²) in [5, 5.41) is 2.70. The molecule has 0 atom stereocenters. The highest BCUT2D eigenvalue weighted by atomic mass is 19.1. The summed E-state index contributed by atoms with van der Waals surface area (Å²) >= 11 is 0. The number of rotatable bonds is 3. The summed E-state index contributed by atoms with van der Waals surface area (Å²) in [5.74, 6) is -0.670. The molecule has 0 aliphatic rings. The summed E-state index contributed by atoms with van der Waals surface area (Å²) in [6.07, 6.45) is 0. The molecular formula is C16H18FN3O. The zero-order valence-corrected chi connectivity index (χ0v) is 12.3. The molecule has 2 aromatic carbocycles. The Balaban J connectivity index is 2.25. The van der Waals surface area contributed by atoms with E-state index in [-0.39, 0.29) is 11.7 Å². The smallest absolute Gasteiger partial charge is 0.255 e. The minimum atomic E-state index is -0.352. The standard InChI is InChI=1S/C16H18FN3O/c1-10-12(17)5-4-6-14(10)19-16(21)11-7-8-15(20(2)3)13(18)9-11/h4-9H,18H2,1-3H3,(H,19,21). The Kier molecular flexibility index (Phi) is 4.12. The van der Waals surface area contributed by atoms with Crippen molar-refractivity contribution in [3.05, 3.63) is 53.3 Å². The Morgan fingerprint density at radius 3 is 2.57 bits per heavy atom. The number of carbonyl (C=O) groups excluding carboxylic acids is 1. The average Bonchev–Trinajstić information content (AvgIpc) is 2.43. The highest BCUT2D eigenvalue weighted by molar-refractivity contribution is 6.05. The van der Waals surface area contributed by atoms with Gasteiger partial charge in [0, 0.05) is 30.9 Å². The molecule has 4 nitrogen and oxygen atoms in total. The van der Waals surface area contributed by atoms with Gasteiger partial charge >= 0.3 is 0 Å². The summed E-state index contributed by atoms with van der Waals surface area (Å²) in [7, 11) is 3.75. The number of halogens is 1. The molecule has 0 unspecified atom stereocenters. The summed E-state index contributed by atoms with van der Waals surface area (Å²) in [6.45, 7) is 1.62. The SMILES string of the molecule is Cc1c(F)cccc1NC(=O)c1ccc(N(C)C)c(N)c1. The van der Waals surface area contributed by atoms with Gasteiger partial charge in [-0.25, -0.2) is 4.39 Å². The first kappa shape index (κ1) is 14.8. The molecule has 5 heteroatoms. The van der Waals surface area contributed by atoms with Crippen molar-refractivity contribution in [3.63, 3.8) is 0 Å². The molecule has 3 N–H and O–H groups in total. The summed E-state index contributed by atoms with van der Waals surface area (Å²) < 4.78 is 13.5. The first-order valence-electron chi connectivity index (χ1n) is 6.53. The van der Waals surface area contributed by atoms with Gasteiger partial charge in [-0.15, -0.1) is 0 Å². The van der Waals surface area contributed by atoms with Crippen LogP contribution >= 0.6 is 0 Å². The fourth-order valence-electron chi connectivity index (χ4n) is 2.04. The number of hydrogen-bond donors (Lipinski definition) is 2. The number of nitrogens with one attached hydrogen (secondary N) is 1. The van der Waals surface area contributed by atoms with Crippen LogP contribution in [0.15, 0.2) is 36.4 Å². The van der Waals surface area contributed by atoms with Crippen LogP contribution < -0.4 is 16.0 Å². The molecule has 2 aromatic rings. The van der Waals surface area contributed by atoms with Gasteiger partial charge in [-0.2, -0.15) is 0 Å². The third-order valence-corrected chi connectivity index (χ3v) is 3.29. The maximum atomic E-state index is 13.5. The monoisotopic (exact) mass is 287 g/mol. The second kappa shape index (κ2) is 5.83. The van der Waals surface area contributed by atoms with Crippen molar-refractivity contribution in [3.8, 4) is 0 Å². The van der Waals surface area contributed by atoms with Crippen LogP contribution in [-0.2, 0) is 0 Å². The Bertz CT molecular complexity index is 683. The highest BCUT2D eigenvalue weighted by Crippen LogP contribution is 2.23. The van der Waals surface area contributed by atoms with Crippen LogP contribution in [-0.4, -0.2) is 20.0 Å². The van der Waals surface area contributed by atoms with Gasteiger partial charge < -0.3 is 16.0 Å². The third kappa shape index (κ3) is 3.13. The number of nitrogen functional groups attached to an aromatic ring is 1. The maximum Gasteiger partial charge on any atom is 0.255 e. The molecule has 0 heterocycles. The zero-order valence-electron chi connectivity index (χ0n) is 12.3. The highest BCUT2D eigenvalue weighted by Gasteiger charge is 2.11. The van der Waals surface area contributed by atoms with Gasteiger partial charge in [-0.3, -0.25) is 4.79 Å². The summed E-state index contributed by atoms with van der Waals surface area (Å²) in [4.78, 5) is 14.1. The molecule has 0 radical (unpaired) electrons. The van der Waals surface area contributed by atoms with Crippen molar-refractivity contribution < 1.29 is 9.18 Å². The van der Waals surface area contributed by atoms with E-state index in [9.17, 15) is 9.18 Å². The Labute approximate surface area is 123 Å². The molecule has 1 amide bonds. The number of amides is 1. The van der Waals surface area contributed by atoms with E-state index < -0.39 is 0 Å². The molecule has 0 saturated carbocycles. The fraction of sp³-hybridized carbons (Fsp3) is 0.188. The van der Waals surface area contributed by atoms with Crippen LogP contribution in [0.5, 0.6) is 0 Å². The zero-order chi connectivity index (χ0) is 15.6. The molecule has 0 aliphatic carbocycles. The van der Waals surface area contributed by atoms with Crippen LogP contribution in [0.3, 0.4) is 0 Å². The number of nitrogens with two attached hydrogens (primary N) is 1. The van der Waals surface area contributed by atoms with Crippen LogP contribution in [0, 0.1) is 12.7 Å². The minimum Gasteiger partial charge on any atom is -0.397 e. The van der Waals surface area contributed by atoms with Crippen LogP contribution in [0.1, 0.15) is 15.9 Å². The van der Waals surface area contributed by atoms with Crippen LogP contribution in [0.4, 0.5) is 21.5 Å². The average molecular weight is 287 g/mol. The van der Waals surface area contributed by atoms with Gasteiger partial charge in [-0.1, -0.05) is 6.07 Å². The first-order chi connectivity index (χ1) is 9.90. The normalized spacial score (nSPS) is 10.3. The van der Waals surface area contributed by atoms with E-state index in [0.29, 0.717) is 22.5 Å². The van der Waals surface area contributed by atoms with Crippen molar-refractivity contribution in [2.45, 2.75) is 6.92 Å². The minimum absolute atomic E-state index is 0.319. The van der Waals surface area contributed by atoms with Gasteiger partial charge in [0.25, 0.3) is 5.91 Å². The third-order valence-electron chi connectivity index (χ3n) is 3.29. The molecule has 2 rings (SSSR count). The Morgan fingerprint density at radius 1 is 1.24 bits per heavy atom. The predicted octanol–water partition coefficient (Wildman–Crippen LogP) is 3.03. The van der Waals surface area contributed by atoms with E-state index in [4.69, 9.17) is 5.73 Å². The number of benzene rings is 2. The summed E-state index contributed by atoms with van der Waals surface area (Å²) in [5.41, 5.74) is 8.58. The fourth-order valence-corrected chi connectivity index (χ4v) is 2.04. The quantitative estimate of drug-likeness (QED) is 0.853. The largest absolute Gasteiger partial charge is 0.397 e. The topological polar surface area (TPSA) is 58.4 Å². The van der Waals surface area contributed by atoms with Gasteiger partial charge in [-0.05, 0) is 37.3 Å². The molecule has 0 spiro atoms. The Hall–Kier alpha value is -2.56. The van der Waals surface area contributed by atoms with Crippen LogP contribution in [0.2, 0.25) is 0 Å². The van der Waals surface area contributed by atoms with Crippen LogP contribution in [0.25, 0.3) is 0 Å². The molecular weight excluding hydrogens is 269 g/mol. The van der Waals surface area contributed by atoms with E-state index in [1.165, 1.54) is 6.07 Å². The second-order valence-electron chi connectivity index (χ2n) is 5.03. The van der Waals surface area contributed by atoms with Crippen molar-refractivity contribution >= 4 is 23.0 Å². The lowest BCUT2D eigenvalue weighted by atomic mass is 10.1. The number of hydrogen-bond acceptors (Lipinski definition) is 3. The number of anilines is 3. The van der Waals surface area contributed by atoms with E-state index in [2.05, 4.69) is 5.32 Å². The van der Waals surface area contributed by atoms with Crippen molar-refractivity contribution in [2.75, 3.05) is 30.0 Å². The van der Waals surface area contributed by atoms with E-state index in [0.717, 1.165) is 5.69 Å². The maximum absolute atomic E-state index is 13.5. The molecule has 110 valence electrons. The molecule has 0 bridgehead atoms. The van der Waals surface area contributed by atoms with Crippen molar-refractivity contribution in [2.24, 2.45) is 0 Å². The van der Waals surface area contributed by atoms with Gasteiger partial charge in [0.2, 0.25) is 0 Å². The van der Waals surface area contributed by atoms with Crippen molar-refractivity contribution in [1.82, 2.24) is 0 Å².